The van der Waals surface area contributed by atoms with Gasteiger partial charge in [-0.3, -0.25) is 10.1 Å². The minimum absolute atomic E-state index is 0.231. The molecule has 1 amide bonds. The van der Waals surface area contributed by atoms with Crippen molar-refractivity contribution in [1.82, 2.24) is 10.2 Å². The summed E-state index contributed by atoms with van der Waals surface area (Å²) in [5.74, 6) is 0.278. The van der Waals surface area contributed by atoms with Gasteiger partial charge in [0.1, 0.15) is 11.3 Å². The molecule has 0 unspecified atom stereocenters. The quantitative estimate of drug-likeness (QED) is 0.895. The van der Waals surface area contributed by atoms with E-state index in [9.17, 15) is 4.79 Å². The van der Waals surface area contributed by atoms with Gasteiger partial charge in [-0.1, -0.05) is 30.6 Å². The number of nitrogens with zero attached hydrogens (tertiary/aromatic N) is 2. The predicted octanol–water partition coefficient (Wildman–Crippen LogP) is 4.19. The Labute approximate surface area is 128 Å². The Balaban J connectivity index is 1.66. The average molecular weight is 356 g/mol. The lowest BCUT2D eigenvalue weighted by Crippen LogP contribution is -2.10. The molecular formula is C13H14BrN3O2S. The Hall–Kier alpha value is -1.21. The molecule has 20 heavy (non-hydrogen) atoms. The first kappa shape index (κ1) is 13.8. The molecule has 1 aliphatic rings. The summed E-state index contributed by atoms with van der Waals surface area (Å²) < 4.78 is 5.58. The second kappa shape index (κ2) is 6.05. The van der Waals surface area contributed by atoms with E-state index in [1.807, 2.05) is 0 Å². The summed E-state index contributed by atoms with van der Waals surface area (Å²) in [7, 11) is 0. The third-order valence-electron chi connectivity index (χ3n) is 3.45. The summed E-state index contributed by atoms with van der Waals surface area (Å²) in [6.45, 7) is 0. The van der Waals surface area contributed by atoms with Gasteiger partial charge in [-0.25, -0.2) is 0 Å². The molecule has 1 N–H and O–H groups in total. The highest BCUT2D eigenvalue weighted by molar-refractivity contribution is 9.10. The van der Waals surface area contributed by atoms with Crippen molar-refractivity contribution < 1.29 is 9.21 Å². The van der Waals surface area contributed by atoms with Crippen LogP contribution in [0, 0.1) is 0 Å². The van der Waals surface area contributed by atoms with Gasteiger partial charge in [-0.2, -0.15) is 0 Å². The lowest BCUT2D eigenvalue weighted by molar-refractivity contribution is 0.102. The number of halogens is 1. The van der Waals surface area contributed by atoms with E-state index in [1.54, 1.807) is 6.07 Å². The first-order valence-corrected chi connectivity index (χ1v) is 8.22. The Morgan fingerprint density at radius 2 is 2.15 bits per heavy atom. The molecule has 1 aliphatic carbocycles. The Bertz CT molecular complexity index is 604. The van der Waals surface area contributed by atoms with Crippen molar-refractivity contribution in [3.8, 4) is 0 Å². The molecule has 2 aromatic rings. The van der Waals surface area contributed by atoms with E-state index in [2.05, 4.69) is 31.4 Å². The van der Waals surface area contributed by atoms with Gasteiger partial charge in [-0.15, -0.1) is 10.2 Å². The highest BCUT2D eigenvalue weighted by Gasteiger charge is 2.20. The molecule has 2 heterocycles. The van der Waals surface area contributed by atoms with Gasteiger partial charge in [0.25, 0.3) is 5.91 Å². The molecule has 0 radical (unpaired) electrons. The zero-order valence-corrected chi connectivity index (χ0v) is 13.2. The largest absolute Gasteiger partial charge is 0.457 e. The van der Waals surface area contributed by atoms with Crippen molar-refractivity contribution in [2.24, 2.45) is 0 Å². The Kier molecular flexibility index (Phi) is 4.16. The number of furan rings is 1. The molecule has 5 nitrogen and oxygen atoms in total. The number of hydrogen-bond donors (Lipinski definition) is 1. The highest BCUT2D eigenvalue weighted by Crippen LogP contribution is 2.35. The maximum absolute atomic E-state index is 12.0. The Morgan fingerprint density at radius 1 is 1.35 bits per heavy atom. The van der Waals surface area contributed by atoms with Crippen LogP contribution in [0.4, 0.5) is 5.13 Å². The van der Waals surface area contributed by atoms with Crippen molar-refractivity contribution in [2.75, 3.05) is 5.32 Å². The summed E-state index contributed by atoms with van der Waals surface area (Å²) in [6.07, 6.45) is 7.59. The number of rotatable bonds is 3. The predicted molar refractivity (Wildman–Crippen MR) is 80.1 cm³/mol. The fraction of sp³-hybridized carbons (Fsp3) is 0.462. The average Bonchev–Trinajstić information content (AvgIpc) is 3.09. The molecule has 7 heteroatoms. The lowest BCUT2D eigenvalue weighted by Gasteiger charge is -2.18. The molecule has 1 saturated carbocycles. The van der Waals surface area contributed by atoms with Gasteiger partial charge < -0.3 is 4.42 Å². The standard InChI is InChI=1S/C13H14BrN3O2S/c14-10-6-9(7-19-10)11(18)15-13-17-16-12(20-13)8-4-2-1-3-5-8/h6-8H,1-5H2,(H,15,17,18). The molecule has 106 valence electrons. The van der Waals surface area contributed by atoms with Crippen molar-refractivity contribution in [1.29, 1.82) is 0 Å². The number of nitrogens with one attached hydrogen (secondary N) is 1. The molecule has 0 atom stereocenters. The number of carbonyl (C=O) groups excluding carboxylic acids is 1. The van der Waals surface area contributed by atoms with Crippen LogP contribution in [-0.2, 0) is 0 Å². The second-order valence-electron chi connectivity index (χ2n) is 4.87. The van der Waals surface area contributed by atoms with Gasteiger partial charge in [0.15, 0.2) is 4.67 Å². The van der Waals surface area contributed by atoms with Gasteiger partial charge in [0.05, 0.1) is 5.56 Å². The van der Waals surface area contributed by atoms with Crippen molar-refractivity contribution >= 4 is 38.3 Å². The minimum Gasteiger partial charge on any atom is -0.457 e. The number of aromatic nitrogens is 2. The van der Waals surface area contributed by atoms with Gasteiger partial charge in [0.2, 0.25) is 5.13 Å². The third kappa shape index (κ3) is 3.09. The summed E-state index contributed by atoms with van der Waals surface area (Å²) in [4.78, 5) is 12.0. The number of amides is 1. The van der Waals surface area contributed by atoms with E-state index in [1.165, 1.54) is 49.7 Å². The van der Waals surface area contributed by atoms with Crippen molar-refractivity contribution in [3.63, 3.8) is 0 Å². The van der Waals surface area contributed by atoms with Crippen LogP contribution in [0.2, 0.25) is 0 Å². The molecule has 0 aliphatic heterocycles. The summed E-state index contributed by atoms with van der Waals surface area (Å²) >= 11 is 4.64. The van der Waals surface area contributed by atoms with E-state index in [0.717, 1.165) is 5.01 Å². The zero-order valence-electron chi connectivity index (χ0n) is 10.8. The van der Waals surface area contributed by atoms with E-state index >= 15 is 0 Å². The lowest BCUT2D eigenvalue weighted by atomic mass is 9.90. The normalized spacial score (nSPS) is 16.2. The molecule has 1 fully saturated rings. The molecule has 0 aromatic carbocycles. The number of hydrogen-bond acceptors (Lipinski definition) is 5. The topological polar surface area (TPSA) is 68.0 Å². The van der Waals surface area contributed by atoms with Crippen LogP contribution < -0.4 is 5.32 Å². The number of anilines is 1. The van der Waals surface area contributed by atoms with Crippen LogP contribution in [0.3, 0.4) is 0 Å². The van der Waals surface area contributed by atoms with Gasteiger partial charge >= 0.3 is 0 Å². The van der Waals surface area contributed by atoms with Crippen LogP contribution in [0.25, 0.3) is 0 Å². The number of carbonyl (C=O) groups is 1. The zero-order chi connectivity index (χ0) is 13.9. The first-order valence-electron chi connectivity index (χ1n) is 6.61. The molecule has 3 rings (SSSR count). The highest BCUT2D eigenvalue weighted by atomic mass is 79.9. The first-order chi connectivity index (χ1) is 9.72. The minimum atomic E-state index is -0.231. The second-order valence-corrected chi connectivity index (χ2v) is 6.66. The maximum Gasteiger partial charge on any atom is 0.260 e. The van der Waals surface area contributed by atoms with Crippen LogP contribution in [0.5, 0.6) is 0 Å². The van der Waals surface area contributed by atoms with E-state index in [4.69, 9.17) is 4.42 Å². The molecule has 0 spiro atoms. The van der Waals surface area contributed by atoms with Crippen molar-refractivity contribution in [3.05, 3.63) is 27.6 Å². The van der Waals surface area contributed by atoms with Crippen LogP contribution in [0.15, 0.2) is 21.4 Å². The van der Waals surface area contributed by atoms with Crippen molar-refractivity contribution in [2.45, 2.75) is 38.0 Å². The fourth-order valence-electron chi connectivity index (χ4n) is 2.40. The van der Waals surface area contributed by atoms with Gasteiger partial charge in [-0.05, 0) is 28.8 Å². The van der Waals surface area contributed by atoms with Crippen LogP contribution in [0.1, 0.15) is 53.4 Å². The SMILES string of the molecule is O=C(Nc1nnc(C2CCCCC2)s1)c1coc(Br)c1. The maximum atomic E-state index is 12.0. The monoisotopic (exact) mass is 355 g/mol. The molecule has 2 aromatic heterocycles. The van der Waals surface area contributed by atoms with E-state index in [0.29, 0.717) is 21.3 Å². The molecular weight excluding hydrogens is 342 g/mol. The van der Waals surface area contributed by atoms with E-state index in [-0.39, 0.29) is 5.91 Å². The molecule has 0 saturated heterocycles. The summed E-state index contributed by atoms with van der Waals surface area (Å²) in [6, 6.07) is 1.62. The summed E-state index contributed by atoms with van der Waals surface area (Å²) in [5, 5.41) is 12.6. The van der Waals surface area contributed by atoms with Crippen LogP contribution in [-0.4, -0.2) is 16.1 Å². The summed E-state index contributed by atoms with van der Waals surface area (Å²) in [5.41, 5.74) is 0.464. The smallest absolute Gasteiger partial charge is 0.260 e. The van der Waals surface area contributed by atoms with E-state index < -0.39 is 0 Å². The third-order valence-corrected chi connectivity index (χ3v) is 4.86. The molecule has 0 bridgehead atoms. The fourth-order valence-corrected chi connectivity index (χ4v) is 3.65. The Morgan fingerprint density at radius 3 is 2.85 bits per heavy atom. The van der Waals surface area contributed by atoms with Crippen LogP contribution >= 0.6 is 27.3 Å². The van der Waals surface area contributed by atoms with Gasteiger partial charge in [0, 0.05) is 12.0 Å².